The van der Waals surface area contributed by atoms with Gasteiger partial charge in [0.25, 0.3) is 5.91 Å². The van der Waals surface area contributed by atoms with E-state index < -0.39 is 24.0 Å². The summed E-state index contributed by atoms with van der Waals surface area (Å²) in [4.78, 5) is 12.0. The molecule has 0 bridgehead atoms. The minimum absolute atomic E-state index is 0.0130. The lowest BCUT2D eigenvalue weighted by Crippen LogP contribution is -2.49. The van der Waals surface area contributed by atoms with Gasteiger partial charge in [0.15, 0.2) is 0 Å². The lowest BCUT2D eigenvalue weighted by molar-refractivity contribution is -0.136. The monoisotopic (exact) mass is 414 g/mol. The number of amides is 1. The molecule has 0 saturated carbocycles. The summed E-state index contributed by atoms with van der Waals surface area (Å²) in [6.07, 6.45) is -2.54. The number of carbonyl (C=O) groups is 1. The van der Waals surface area contributed by atoms with Crippen LogP contribution in [0.2, 0.25) is 0 Å². The summed E-state index contributed by atoms with van der Waals surface area (Å²) in [5, 5.41) is 12.1. The Bertz CT molecular complexity index is 786. The van der Waals surface area contributed by atoms with E-state index in [9.17, 15) is 18.0 Å². The zero-order chi connectivity index (χ0) is 20.8. The van der Waals surface area contributed by atoms with Crippen LogP contribution in [0, 0.1) is 11.3 Å². The van der Waals surface area contributed by atoms with Gasteiger partial charge in [0.05, 0.1) is 6.61 Å². The number of ether oxygens (including phenoxy) is 1. The van der Waals surface area contributed by atoms with Crippen molar-refractivity contribution >= 4 is 17.5 Å². The molecule has 4 nitrogen and oxygen atoms in total. The Labute approximate surface area is 167 Å². The molecule has 0 spiro atoms. The number of hydrogen-bond acceptors (Lipinski definition) is 3. The van der Waals surface area contributed by atoms with E-state index in [-0.39, 0.29) is 23.6 Å². The average molecular weight is 415 g/mol. The van der Waals surface area contributed by atoms with Crippen LogP contribution in [-0.4, -0.2) is 24.2 Å². The summed E-state index contributed by atoms with van der Waals surface area (Å²) in [5.41, 5.74) is 0.452. The smallest absolute Gasteiger partial charge is 0.389 e. The molecule has 1 atom stereocenters. The molecule has 1 aromatic carbocycles. The second kappa shape index (κ2) is 9.33. The molecule has 1 amide bonds. The zero-order valence-corrected chi connectivity index (χ0v) is 16.3. The van der Waals surface area contributed by atoms with Crippen molar-refractivity contribution in [2.75, 3.05) is 6.61 Å². The number of alkyl halides is 3. The predicted molar refractivity (Wildman–Crippen MR) is 99.8 cm³/mol. The number of aryl methyl sites for hydroxylation is 1. The van der Waals surface area contributed by atoms with Gasteiger partial charge in [-0.1, -0.05) is 23.7 Å². The third-order valence-corrected chi connectivity index (χ3v) is 4.86. The molecule has 0 unspecified atom stereocenters. The van der Waals surface area contributed by atoms with Gasteiger partial charge in [-0.15, -0.1) is 0 Å². The Balaban J connectivity index is 1.83. The first kappa shape index (κ1) is 22.1. The fourth-order valence-corrected chi connectivity index (χ4v) is 3.56. The lowest BCUT2D eigenvalue weighted by Gasteiger charge is -2.34. The average Bonchev–Trinajstić information content (AvgIpc) is 2.58. The number of nitriles is 1. The molecule has 8 heteroatoms. The van der Waals surface area contributed by atoms with Crippen LogP contribution < -0.4 is 10.1 Å². The van der Waals surface area contributed by atoms with Crippen LogP contribution in [0.5, 0.6) is 5.75 Å². The lowest BCUT2D eigenvalue weighted by atomic mass is 9.86. The van der Waals surface area contributed by atoms with E-state index in [1.54, 1.807) is 12.1 Å². The van der Waals surface area contributed by atoms with Gasteiger partial charge >= 0.3 is 6.18 Å². The summed E-state index contributed by atoms with van der Waals surface area (Å²) in [6.45, 7) is 1.90. The first-order valence-electron chi connectivity index (χ1n) is 9.02. The van der Waals surface area contributed by atoms with Crippen molar-refractivity contribution in [1.29, 1.82) is 5.26 Å². The van der Waals surface area contributed by atoms with Crippen LogP contribution in [0.3, 0.4) is 0 Å². The molecule has 0 saturated heterocycles. The third-order valence-electron chi connectivity index (χ3n) is 4.54. The van der Waals surface area contributed by atoms with Gasteiger partial charge in [0, 0.05) is 23.4 Å². The minimum atomic E-state index is -4.16. The quantitative estimate of drug-likeness (QED) is 0.607. The second-order valence-electron chi connectivity index (χ2n) is 7.15. The molecule has 0 aliphatic carbocycles. The van der Waals surface area contributed by atoms with Crippen LogP contribution in [0.4, 0.5) is 13.2 Å². The molecule has 0 fully saturated rings. The van der Waals surface area contributed by atoms with Crippen molar-refractivity contribution in [3.63, 3.8) is 0 Å². The highest BCUT2D eigenvalue weighted by Gasteiger charge is 2.34. The first-order valence-corrected chi connectivity index (χ1v) is 9.39. The maximum absolute atomic E-state index is 12.2. The summed E-state index contributed by atoms with van der Waals surface area (Å²) in [7, 11) is 0. The van der Waals surface area contributed by atoms with Crippen LogP contribution in [0.25, 0.3) is 0 Å². The fourth-order valence-electron chi connectivity index (χ4n) is 3.13. The van der Waals surface area contributed by atoms with E-state index in [4.69, 9.17) is 21.6 Å². The predicted octanol–water partition coefficient (Wildman–Crippen LogP) is 5.03. The van der Waals surface area contributed by atoms with Crippen molar-refractivity contribution in [2.45, 2.75) is 57.2 Å². The van der Waals surface area contributed by atoms with Crippen LogP contribution in [0.15, 0.2) is 34.9 Å². The maximum Gasteiger partial charge on any atom is 0.389 e. The molecule has 1 N–H and O–H groups in total. The van der Waals surface area contributed by atoms with E-state index in [0.29, 0.717) is 18.6 Å². The van der Waals surface area contributed by atoms with Gasteiger partial charge in [-0.2, -0.15) is 18.4 Å². The molecule has 28 heavy (non-hydrogen) atoms. The van der Waals surface area contributed by atoms with Crippen molar-refractivity contribution in [3.8, 4) is 11.8 Å². The van der Waals surface area contributed by atoms with Crippen LogP contribution in [0.1, 0.15) is 44.6 Å². The number of carbonyl (C=O) groups excluding carboxylic acids is 1. The number of rotatable bonds is 8. The molecule has 2 rings (SSSR count). The standard InChI is InChI=1S/C20H22ClF3N2O2/c1-19(12-17(21)16(13-25)18(27)26-19)8-3-6-14-5-2-7-15(11-14)28-10-4-9-20(22,23)24/h2,5,7,11H,3-4,6,8-10,12H2,1H3,(H,26,27)/t19-/m0/s1. The van der Waals surface area contributed by atoms with E-state index in [0.717, 1.165) is 18.4 Å². The molecular weight excluding hydrogens is 393 g/mol. The van der Waals surface area contributed by atoms with Gasteiger partial charge < -0.3 is 10.1 Å². The van der Waals surface area contributed by atoms with Gasteiger partial charge in [-0.25, -0.2) is 0 Å². The number of benzene rings is 1. The van der Waals surface area contributed by atoms with Crippen molar-refractivity contribution in [3.05, 3.63) is 40.4 Å². The van der Waals surface area contributed by atoms with Crippen LogP contribution in [-0.2, 0) is 11.2 Å². The summed E-state index contributed by atoms with van der Waals surface area (Å²) >= 11 is 6.08. The fraction of sp³-hybridized carbons (Fsp3) is 0.500. The van der Waals surface area contributed by atoms with E-state index >= 15 is 0 Å². The Morgan fingerprint density at radius 3 is 2.75 bits per heavy atom. The number of halogens is 4. The maximum atomic E-state index is 12.2. The normalized spacial score (nSPS) is 19.9. The topological polar surface area (TPSA) is 62.1 Å². The second-order valence-corrected chi connectivity index (χ2v) is 7.61. The minimum Gasteiger partial charge on any atom is -0.494 e. The van der Waals surface area contributed by atoms with Gasteiger partial charge in [0.2, 0.25) is 0 Å². The van der Waals surface area contributed by atoms with Crippen LogP contribution >= 0.6 is 11.6 Å². The molecule has 0 aromatic heterocycles. The molecule has 0 radical (unpaired) electrons. The molecule has 1 aromatic rings. The number of hydrogen-bond donors (Lipinski definition) is 1. The van der Waals surface area contributed by atoms with Gasteiger partial charge in [-0.05, 0) is 50.3 Å². The van der Waals surface area contributed by atoms with E-state index in [2.05, 4.69) is 5.32 Å². The molecule has 1 aliphatic rings. The number of nitrogens with one attached hydrogen (secondary N) is 1. The van der Waals surface area contributed by atoms with Gasteiger partial charge in [0.1, 0.15) is 17.4 Å². The number of nitrogens with zero attached hydrogens (tertiary/aromatic N) is 1. The van der Waals surface area contributed by atoms with E-state index in [1.165, 1.54) is 0 Å². The Morgan fingerprint density at radius 1 is 1.36 bits per heavy atom. The molecular formula is C20H22ClF3N2O2. The highest BCUT2D eigenvalue weighted by Crippen LogP contribution is 2.31. The first-order chi connectivity index (χ1) is 13.1. The molecule has 1 aliphatic heterocycles. The van der Waals surface area contributed by atoms with E-state index in [1.807, 2.05) is 25.1 Å². The summed E-state index contributed by atoms with van der Waals surface area (Å²) < 4.78 is 41.9. The molecule has 1 heterocycles. The SMILES string of the molecule is C[C@]1(CCCc2cccc(OCCCC(F)(F)F)c2)CC(Cl)=C(C#N)C(=O)N1. The highest BCUT2D eigenvalue weighted by atomic mass is 35.5. The summed E-state index contributed by atoms with van der Waals surface area (Å²) in [5.74, 6) is 0.0944. The van der Waals surface area contributed by atoms with Crippen molar-refractivity contribution in [2.24, 2.45) is 0 Å². The summed E-state index contributed by atoms with van der Waals surface area (Å²) in [6, 6.07) is 9.07. The van der Waals surface area contributed by atoms with Crippen molar-refractivity contribution < 1.29 is 22.7 Å². The van der Waals surface area contributed by atoms with Crippen molar-refractivity contribution in [1.82, 2.24) is 5.32 Å². The van der Waals surface area contributed by atoms with Gasteiger partial charge in [-0.3, -0.25) is 4.79 Å². The Morgan fingerprint density at radius 2 is 2.11 bits per heavy atom. The third kappa shape index (κ3) is 6.75. The zero-order valence-electron chi connectivity index (χ0n) is 15.5. The largest absolute Gasteiger partial charge is 0.494 e. The highest BCUT2D eigenvalue weighted by molar-refractivity contribution is 6.33. The Hall–Kier alpha value is -2.20. The Kier molecular flexibility index (Phi) is 7.36. The molecule has 152 valence electrons.